The minimum atomic E-state index is -0.478. The lowest BCUT2D eigenvalue weighted by molar-refractivity contribution is 0.0524. The summed E-state index contributed by atoms with van der Waals surface area (Å²) in [5.41, 5.74) is 3.71. The molecule has 1 aromatic carbocycles. The third-order valence-electron chi connectivity index (χ3n) is 4.27. The Kier molecular flexibility index (Phi) is 6.57. The van der Waals surface area contributed by atoms with Gasteiger partial charge in [0.15, 0.2) is 0 Å². The van der Waals surface area contributed by atoms with Crippen LogP contribution in [0.25, 0.3) is 5.69 Å². The number of thioether (sulfide) groups is 1. The van der Waals surface area contributed by atoms with E-state index in [1.165, 1.54) is 17.8 Å². The quantitative estimate of drug-likeness (QED) is 0.412. The van der Waals surface area contributed by atoms with E-state index in [0.29, 0.717) is 32.8 Å². The summed E-state index contributed by atoms with van der Waals surface area (Å²) in [6, 6.07) is 13.3. The number of aromatic nitrogens is 3. The number of carbonyl (C=O) groups is 1. The van der Waals surface area contributed by atoms with Crippen molar-refractivity contribution in [2.45, 2.75) is 31.6 Å². The Morgan fingerprint density at radius 3 is 2.66 bits per heavy atom. The largest absolute Gasteiger partial charge is 0.462 e. The summed E-state index contributed by atoms with van der Waals surface area (Å²) in [4.78, 5) is 16.5. The molecule has 0 saturated heterocycles. The van der Waals surface area contributed by atoms with Crippen LogP contribution in [0.5, 0.6) is 0 Å². The Labute approximate surface area is 178 Å². The number of nitriles is 1. The molecule has 0 aliphatic heterocycles. The zero-order valence-corrected chi connectivity index (χ0v) is 17.8. The minimum absolute atomic E-state index is 0.264. The predicted molar refractivity (Wildman–Crippen MR) is 113 cm³/mol. The van der Waals surface area contributed by atoms with Crippen LogP contribution in [0, 0.1) is 25.2 Å². The maximum Gasteiger partial charge on any atom is 0.340 e. The molecule has 2 aromatic heterocycles. The van der Waals surface area contributed by atoms with Crippen molar-refractivity contribution >= 4 is 29.3 Å². The first-order chi connectivity index (χ1) is 14.0. The molecule has 0 saturated carbocycles. The van der Waals surface area contributed by atoms with Crippen molar-refractivity contribution in [1.82, 2.24) is 14.8 Å². The molecule has 0 amide bonds. The number of para-hydroxylation sites is 1. The first kappa shape index (κ1) is 20.9. The smallest absolute Gasteiger partial charge is 0.340 e. The van der Waals surface area contributed by atoms with E-state index in [-0.39, 0.29) is 6.61 Å². The summed E-state index contributed by atoms with van der Waals surface area (Å²) in [5.74, 6) is 0.0192. The molecule has 148 valence electrons. The van der Waals surface area contributed by atoms with Gasteiger partial charge < -0.3 is 4.74 Å². The highest BCUT2D eigenvalue weighted by Gasteiger charge is 2.19. The normalized spacial score (nSPS) is 10.6. The van der Waals surface area contributed by atoms with Gasteiger partial charge in [-0.3, -0.25) is 0 Å². The molecular weight excluding hydrogens is 408 g/mol. The molecule has 2 heterocycles. The lowest BCUT2D eigenvalue weighted by Crippen LogP contribution is -2.09. The zero-order chi connectivity index (χ0) is 21.0. The van der Waals surface area contributed by atoms with Crippen LogP contribution in [0.15, 0.2) is 41.4 Å². The van der Waals surface area contributed by atoms with Gasteiger partial charge in [-0.25, -0.2) is 14.5 Å². The molecule has 0 unspecified atom stereocenters. The van der Waals surface area contributed by atoms with Crippen molar-refractivity contribution in [3.05, 3.63) is 69.6 Å². The van der Waals surface area contributed by atoms with Crippen molar-refractivity contribution in [2.24, 2.45) is 0 Å². The lowest BCUT2D eigenvalue weighted by Gasteiger charge is -2.09. The standard InChI is InChI=1S/C21H19ClN4O2S/c1-4-28-21(27)17-10-15(11-23)20(24-13(17)2)29-12-18-14(3)25-26(19(18)22)16-8-6-5-7-9-16/h5-10H,4,12H2,1-3H3. The summed E-state index contributed by atoms with van der Waals surface area (Å²) in [6.45, 7) is 5.62. The van der Waals surface area contributed by atoms with Gasteiger partial charge in [-0.15, -0.1) is 11.8 Å². The summed E-state index contributed by atoms with van der Waals surface area (Å²) in [6.07, 6.45) is 0. The Morgan fingerprint density at radius 2 is 2.00 bits per heavy atom. The van der Waals surface area contributed by atoms with Crippen LogP contribution in [0.4, 0.5) is 0 Å². The molecule has 6 nitrogen and oxygen atoms in total. The highest BCUT2D eigenvalue weighted by Crippen LogP contribution is 2.31. The van der Waals surface area contributed by atoms with Crippen molar-refractivity contribution < 1.29 is 9.53 Å². The summed E-state index contributed by atoms with van der Waals surface area (Å²) in [5, 5.41) is 15.1. The topological polar surface area (TPSA) is 80.8 Å². The molecule has 3 rings (SSSR count). The van der Waals surface area contributed by atoms with E-state index in [1.54, 1.807) is 18.5 Å². The van der Waals surface area contributed by atoms with E-state index < -0.39 is 5.97 Å². The number of carbonyl (C=O) groups excluding carboxylic acids is 1. The Hall–Kier alpha value is -2.82. The molecule has 0 N–H and O–H groups in total. The number of hydrogen-bond acceptors (Lipinski definition) is 6. The Balaban J connectivity index is 1.87. The first-order valence-corrected chi connectivity index (χ1v) is 10.3. The average molecular weight is 427 g/mol. The van der Waals surface area contributed by atoms with Crippen LogP contribution in [0.3, 0.4) is 0 Å². The highest BCUT2D eigenvalue weighted by molar-refractivity contribution is 7.98. The second-order valence-electron chi connectivity index (χ2n) is 6.20. The van der Waals surface area contributed by atoms with Crippen molar-refractivity contribution in [3.8, 4) is 11.8 Å². The fourth-order valence-corrected chi connectivity index (χ4v) is 4.27. The number of nitrogens with zero attached hydrogens (tertiary/aromatic N) is 4. The number of pyridine rings is 1. The van der Waals surface area contributed by atoms with E-state index in [0.717, 1.165) is 16.9 Å². The second-order valence-corrected chi connectivity index (χ2v) is 7.52. The van der Waals surface area contributed by atoms with Crippen molar-refractivity contribution in [2.75, 3.05) is 6.61 Å². The highest BCUT2D eigenvalue weighted by atomic mass is 35.5. The first-order valence-electron chi connectivity index (χ1n) is 8.97. The van der Waals surface area contributed by atoms with Gasteiger partial charge in [0.05, 0.1) is 34.8 Å². The number of esters is 1. The van der Waals surface area contributed by atoms with Crippen LogP contribution in [0.2, 0.25) is 5.15 Å². The molecule has 0 radical (unpaired) electrons. The van der Waals surface area contributed by atoms with E-state index in [4.69, 9.17) is 16.3 Å². The zero-order valence-electron chi connectivity index (χ0n) is 16.3. The van der Waals surface area contributed by atoms with Gasteiger partial charge in [0.2, 0.25) is 0 Å². The molecule has 3 aromatic rings. The van der Waals surface area contributed by atoms with Crippen LogP contribution >= 0.6 is 23.4 Å². The van der Waals surface area contributed by atoms with Crippen molar-refractivity contribution in [1.29, 1.82) is 5.26 Å². The number of halogens is 1. The van der Waals surface area contributed by atoms with Gasteiger partial charge in [0, 0.05) is 11.3 Å². The minimum Gasteiger partial charge on any atom is -0.462 e. The summed E-state index contributed by atoms with van der Waals surface area (Å²) < 4.78 is 6.73. The van der Waals surface area contributed by atoms with E-state index in [1.807, 2.05) is 37.3 Å². The van der Waals surface area contributed by atoms with Gasteiger partial charge in [-0.1, -0.05) is 29.8 Å². The SMILES string of the molecule is CCOC(=O)c1cc(C#N)c(SCc2c(C)nn(-c3ccccc3)c2Cl)nc1C. The Bertz CT molecular complexity index is 1090. The average Bonchev–Trinajstić information content (AvgIpc) is 3.00. The maximum atomic E-state index is 12.0. The van der Waals surface area contributed by atoms with Gasteiger partial charge in [-0.2, -0.15) is 10.4 Å². The van der Waals surface area contributed by atoms with E-state index in [2.05, 4.69) is 16.2 Å². The molecule has 0 atom stereocenters. The van der Waals surface area contributed by atoms with Gasteiger partial charge in [-0.05, 0) is 39.0 Å². The third kappa shape index (κ3) is 4.44. The Morgan fingerprint density at radius 1 is 1.28 bits per heavy atom. The molecule has 0 aliphatic rings. The van der Waals surface area contributed by atoms with Gasteiger partial charge in [0.25, 0.3) is 0 Å². The molecule has 0 bridgehead atoms. The second kappa shape index (κ2) is 9.12. The summed E-state index contributed by atoms with van der Waals surface area (Å²) >= 11 is 7.96. The van der Waals surface area contributed by atoms with Crippen LogP contribution in [0.1, 0.15) is 39.8 Å². The monoisotopic (exact) mass is 426 g/mol. The van der Waals surface area contributed by atoms with Crippen LogP contribution in [-0.2, 0) is 10.5 Å². The van der Waals surface area contributed by atoms with Crippen LogP contribution < -0.4 is 0 Å². The van der Waals surface area contributed by atoms with E-state index in [9.17, 15) is 10.1 Å². The number of hydrogen-bond donors (Lipinski definition) is 0. The third-order valence-corrected chi connectivity index (χ3v) is 5.68. The lowest BCUT2D eigenvalue weighted by atomic mass is 10.1. The van der Waals surface area contributed by atoms with Crippen LogP contribution in [-0.4, -0.2) is 27.3 Å². The van der Waals surface area contributed by atoms with E-state index >= 15 is 0 Å². The van der Waals surface area contributed by atoms with Crippen molar-refractivity contribution in [3.63, 3.8) is 0 Å². The van der Waals surface area contributed by atoms with Gasteiger partial charge >= 0.3 is 5.97 Å². The fraction of sp³-hybridized carbons (Fsp3) is 0.238. The fourth-order valence-electron chi connectivity index (χ4n) is 2.77. The van der Waals surface area contributed by atoms with Gasteiger partial charge in [0.1, 0.15) is 16.2 Å². The number of ether oxygens (including phenoxy) is 1. The molecule has 29 heavy (non-hydrogen) atoms. The maximum absolute atomic E-state index is 12.0. The number of benzene rings is 1. The predicted octanol–water partition coefficient (Wildman–Crippen LogP) is 4.88. The number of rotatable bonds is 6. The molecular formula is C21H19ClN4O2S. The molecule has 8 heteroatoms. The summed E-state index contributed by atoms with van der Waals surface area (Å²) in [7, 11) is 0. The molecule has 0 spiro atoms. The molecule has 0 fully saturated rings. The number of aryl methyl sites for hydroxylation is 2. The molecule has 0 aliphatic carbocycles.